The Hall–Kier alpha value is -2.44. The van der Waals surface area contributed by atoms with Crippen LogP contribution >= 0.6 is 11.6 Å². The molecule has 5 rings (SSSR count). The van der Waals surface area contributed by atoms with Crippen LogP contribution in [0.4, 0.5) is 5.82 Å². The van der Waals surface area contributed by atoms with Crippen LogP contribution in [-0.4, -0.2) is 81.2 Å². The number of ether oxygens (including phenoxy) is 4. The number of nitrogens with zero attached hydrogens (tertiary/aromatic N) is 4. The average molecular weight is 451 g/mol. The lowest BCUT2D eigenvalue weighted by atomic mass is 10.1. The molecule has 2 saturated heterocycles. The van der Waals surface area contributed by atoms with E-state index in [1.807, 2.05) is 10.7 Å². The van der Waals surface area contributed by atoms with E-state index in [0.717, 1.165) is 5.69 Å². The first kappa shape index (κ1) is 20.5. The van der Waals surface area contributed by atoms with E-state index in [2.05, 4.69) is 25.4 Å². The van der Waals surface area contributed by atoms with Crippen LogP contribution in [0.5, 0.6) is 6.01 Å². The van der Waals surface area contributed by atoms with E-state index >= 15 is 0 Å². The standard InChI is InChI=1S/C19H23ClN6O5/c1-28-5-4-26-10(2-3-22-26)7-21-17-11(20)6-12-18(24-17)25-19(23-12)31-14-9-30-15-13(27)8-29-16(14)15/h2-3,6,13-16,27H,4-5,7-9H2,1H3,(H2,21,23,24,25)/t13-,14-,15-,16-/m1/s1. The van der Waals surface area contributed by atoms with Gasteiger partial charge in [-0.25, -0.2) is 4.98 Å². The number of aliphatic hydroxyl groups excluding tert-OH is 1. The van der Waals surface area contributed by atoms with Crippen molar-refractivity contribution < 1.29 is 24.1 Å². The Morgan fingerprint density at radius 1 is 1.32 bits per heavy atom. The molecule has 3 N–H and O–H groups in total. The van der Waals surface area contributed by atoms with Crippen molar-refractivity contribution in [2.75, 3.05) is 32.2 Å². The van der Waals surface area contributed by atoms with E-state index in [-0.39, 0.29) is 24.9 Å². The molecule has 3 aromatic rings. The molecule has 12 heteroatoms. The third-order valence-corrected chi connectivity index (χ3v) is 5.69. The Kier molecular flexibility index (Phi) is 5.67. The zero-order chi connectivity index (χ0) is 21.4. The van der Waals surface area contributed by atoms with Crippen LogP contribution < -0.4 is 10.1 Å². The first-order valence-corrected chi connectivity index (χ1v) is 10.4. The fraction of sp³-hybridized carbons (Fsp3) is 0.526. The predicted octanol–water partition coefficient (Wildman–Crippen LogP) is 0.972. The van der Waals surface area contributed by atoms with Gasteiger partial charge < -0.3 is 34.4 Å². The largest absolute Gasteiger partial charge is 0.456 e. The molecule has 0 amide bonds. The summed E-state index contributed by atoms with van der Waals surface area (Å²) in [6.45, 7) is 2.30. The van der Waals surface area contributed by atoms with Crippen LogP contribution in [0.25, 0.3) is 11.2 Å². The molecular formula is C19H23ClN6O5. The van der Waals surface area contributed by atoms with E-state index < -0.39 is 6.10 Å². The van der Waals surface area contributed by atoms with E-state index in [1.165, 1.54) is 0 Å². The predicted molar refractivity (Wildman–Crippen MR) is 110 cm³/mol. The number of methoxy groups -OCH3 is 1. The van der Waals surface area contributed by atoms with Gasteiger partial charge in [0.15, 0.2) is 11.8 Å². The van der Waals surface area contributed by atoms with Gasteiger partial charge in [-0.15, -0.1) is 0 Å². The summed E-state index contributed by atoms with van der Waals surface area (Å²) in [5, 5.41) is 17.8. The minimum atomic E-state index is -0.630. The number of H-pyrrole nitrogens is 1. The zero-order valence-corrected chi connectivity index (χ0v) is 17.6. The number of aromatic amines is 1. The maximum absolute atomic E-state index is 9.87. The van der Waals surface area contributed by atoms with Crippen molar-refractivity contribution >= 4 is 28.6 Å². The maximum Gasteiger partial charge on any atom is 0.296 e. The molecule has 0 aliphatic carbocycles. The Balaban J connectivity index is 1.28. The molecule has 0 aromatic carbocycles. The molecule has 0 bridgehead atoms. The number of halogens is 1. The molecule has 31 heavy (non-hydrogen) atoms. The molecule has 2 aliphatic heterocycles. The second-order valence-electron chi connectivity index (χ2n) is 7.44. The summed E-state index contributed by atoms with van der Waals surface area (Å²) >= 11 is 6.41. The van der Waals surface area contributed by atoms with E-state index in [4.69, 9.17) is 30.5 Å². The molecule has 4 atom stereocenters. The average Bonchev–Trinajstić information content (AvgIpc) is 3.52. The van der Waals surface area contributed by atoms with Gasteiger partial charge in [-0.2, -0.15) is 10.1 Å². The number of anilines is 1. The first-order chi connectivity index (χ1) is 15.1. The van der Waals surface area contributed by atoms with E-state index in [1.54, 1.807) is 19.4 Å². The van der Waals surface area contributed by atoms with Crippen molar-refractivity contribution in [3.8, 4) is 6.01 Å². The number of aliphatic hydroxyl groups is 1. The highest BCUT2D eigenvalue weighted by Gasteiger charge is 2.48. The van der Waals surface area contributed by atoms with Crippen molar-refractivity contribution in [2.45, 2.75) is 37.5 Å². The van der Waals surface area contributed by atoms with Crippen molar-refractivity contribution in [3.05, 3.63) is 29.0 Å². The Morgan fingerprint density at radius 3 is 3.06 bits per heavy atom. The van der Waals surface area contributed by atoms with Gasteiger partial charge in [0.25, 0.3) is 6.01 Å². The molecule has 0 radical (unpaired) electrons. The van der Waals surface area contributed by atoms with Gasteiger partial charge in [-0.05, 0) is 12.1 Å². The Bertz CT molecular complexity index is 1060. The van der Waals surface area contributed by atoms with Gasteiger partial charge >= 0.3 is 0 Å². The van der Waals surface area contributed by atoms with Crippen molar-refractivity contribution in [1.82, 2.24) is 24.7 Å². The molecule has 0 unspecified atom stereocenters. The summed E-state index contributed by atoms with van der Waals surface area (Å²) in [5.41, 5.74) is 2.10. The second-order valence-corrected chi connectivity index (χ2v) is 7.85. The van der Waals surface area contributed by atoms with Crippen LogP contribution in [0.2, 0.25) is 5.02 Å². The van der Waals surface area contributed by atoms with Gasteiger partial charge in [-0.1, -0.05) is 11.6 Å². The molecule has 0 spiro atoms. The van der Waals surface area contributed by atoms with Gasteiger partial charge in [0.05, 0.1) is 49.1 Å². The number of fused-ring (bicyclic) bond motifs is 2. The highest BCUT2D eigenvalue weighted by Crippen LogP contribution is 2.30. The topological polar surface area (TPSA) is 129 Å². The molecular weight excluding hydrogens is 428 g/mol. The summed E-state index contributed by atoms with van der Waals surface area (Å²) < 4.78 is 24.1. The molecule has 11 nitrogen and oxygen atoms in total. The van der Waals surface area contributed by atoms with Crippen LogP contribution in [0.3, 0.4) is 0 Å². The molecule has 0 saturated carbocycles. The quantitative estimate of drug-likeness (QED) is 0.459. The molecule has 2 fully saturated rings. The van der Waals surface area contributed by atoms with Crippen molar-refractivity contribution in [1.29, 1.82) is 0 Å². The van der Waals surface area contributed by atoms with Gasteiger partial charge in [0, 0.05) is 13.3 Å². The summed E-state index contributed by atoms with van der Waals surface area (Å²) in [7, 11) is 1.66. The minimum absolute atomic E-state index is 0.242. The number of rotatable bonds is 8. The number of hydrogen-bond donors (Lipinski definition) is 3. The molecule has 3 aromatic heterocycles. The number of hydrogen-bond acceptors (Lipinski definition) is 9. The molecule has 2 aliphatic rings. The lowest BCUT2D eigenvalue weighted by Gasteiger charge is -2.15. The third kappa shape index (κ3) is 4.06. The lowest BCUT2D eigenvalue weighted by Crippen LogP contribution is -2.34. The van der Waals surface area contributed by atoms with Gasteiger partial charge in [-0.3, -0.25) is 4.68 Å². The first-order valence-electron chi connectivity index (χ1n) is 10.00. The SMILES string of the molecule is COCCn1nccc1CNc1nc2nc(O[C@@H]3CO[C@H]4[C@@H]3OC[C@H]4O)[nH]c2cc1Cl. The molecule has 5 heterocycles. The number of imidazole rings is 1. The summed E-state index contributed by atoms with van der Waals surface area (Å²) in [5.74, 6) is 0.512. The van der Waals surface area contributed by atoms with E-state index in [0.29, 0.717) is 54.3 Å². The smallest absolute Gasteiger partial charge is 0.296 e. The number of aromatic nitrogens is 5. The monoisotopic (exact) mass is 450 g/mol. The van der Waals surface area contributed by atoms with Crippen molar-refractivity contribution in [2.24, 2.45) is 0 Å². The molecule has 166 valence electrons. The van der Waals surface area contributed by atoms with Crippen LogP contribution in [0.15, 0.2) is 18.3 Å². The van der Waals surface area contributed by atoms with Crippen LogP contribution in [-0.2, 0) is 27.3 Å². The van der Waals surface area contributed by atoms with E-state index in [9.17, 15) is 5.11 Å². The van der Waals surface area contributed by atoms with Crippen LogP contribution in [0, 0.1) is 0 Å². The number of pyridine rings is 1. The Morgan fingerprint density at radius 2 is 2.19 bits per heavy atom. The van der Waals surface area contributed by atoms with Crippen molar-refractivity contribution in [3.63, 3.8) is 0 Å². The maximum atomic E-state index is 9.87. The number of nitrogens with one attached hydrogen (secondary N) is 2. The van der Waals surface area contributed by atoms with Gasteiger partial charge in [0.2, 0.25) is 0 Å². The third-order valence-electron chi connectivity index (χ3n) is 5.40. The summed E-state index contributed by atoms with van der Waals surface area (Å²) in [6, 6.07) is 3.97. The summed E-state index contributed by atoms with van der Waals surface area (Å²) in [6.07, 6.45) is 0.0689. The van der Waals surface area contributed by atoms with Crippen LogP contribution in [0.1, 0.15) is 5.69 Å². The zero-order valence-electron chi connectivity index (χ0n) is 16.8. The highest BCUT2D eigenvalue weighted by atomic mass is 35.5. The normalized spacial score (nSPS) is 25.3. The summed E-state index contributed by atoms with van der Waals surface area (Å²) in [4.78, 5) is 12.0. The minimum Gasteiger partial charge on any atom is -0.456 e. The Labute approximate surface area is 182 Å². The fourth-order valence-electron chi connectivity index (χ4n) is 3.83. The van der Waals surface area contributed by atoms with Gasteiger partial charge in [0.1, 0.15) is 24.1 Å². The highest BCUT2D eigenvalue weighted by molar-refractivity contribution is 6.33. The fourth-order valence-corrected chi connectivity index (χ4v) is 4.05. The lowest BCUT2D eigenvalue weighted by molar-refractivity contribution is 0.00706. The second kappa shape index (κ2) is 8.60.